The predicted molar refractivity (Wildman–Crippen MR) is 98.4 cm³/mol. The van der Waals surface area contributed by atoms with Crippen LogP contribution in [0.4, 0.5) is 5.69 Å². The summed E-state index contributed by atoms with van der Waals surface area (Å²) in [5.41, 5.74) is 4.45. The fraction of sp³-hybridized carbons (Fsp3) is 0.105. The molecule has 1 N–H and O–H groups in total. The highest BCUT2D eigenvalue weighted by Crippen LogP contribution is 2.45. The Bertz CT molecular complexity index is 898. The topological polar surface area (TPSA) is 29.1 Å². The molecular formula is C19H15NOS2. The van der Waals surface area contributed by atoms with Crippen LogP contribution in [0.5, 0.6) is 0 Å². The van der Waals surface area contributed by atoms with Crippen LogP contribution in [0.15, 0.2) is 59.5 Å². The van der Waals surface area contributed by atoms with E-state index in [9.17, 15) is 4.79 Å². The lowest BCUT2D eigenvalue weighted by Crippen LogP contribution is -2.10. The monoisotopic (exact) mass is 337 g/mol. The highest BCUT2D eigenvalue weighted by Gasteiger charge is 2.21. The number of para-hydroxylation sites is 1. The fourth-order valence-electron chi connectivity index (χ4n) is 2.71. The van der Waals surface area contributed by atoms with Crippen molar-refractivity contribution in [3.05, 3.63) is 70.6 Å². The highest BCUT2D eigenvalue weighted by atomic mass is 32.2. The number of anilines is 1. The summed E-state index contributed by atoms with van der Waals surface area (Å²) in [7, 11) is 0. The lowest BCUT2D eigenvalue weighted by molar-refractivity contribution is 0.103. The first-order valence-corrected chi connectivity index (χ1v) is 9.24. The standard InChI is InChI=1S/C19H15NOS2/c1-12-6-2-4-8-15(12)20-19(21)17-10-13-11-22-16-9-5-3-7-14(16)18(13)23-17/h2-10H,11H2,1H3,(H,20,21). The second-order valence-electron chi connectivity index (χ2n) is 5.52. The Morgan fingerprint density at radius 3 is 2.74 bits per heavy atom. The molecule has 2 heterocycles. The van der Waals surface area contributed by atoms with Crippen molar-refractivity contribution in [2.75, 3.05) is 5.32 Å². The van der Waals surface area contributed by atoms with Gasteiger partial charge in [0.15, 0.2) is 0 Å². The van der Waals surface area contributed by atoms with Gasteiger partial charge in [0.1, 0.15) is 0 Å². The molecule has 0 aliphatic carbocycles. The summed E-state index contributed by atoms with van der Waals surface area (Å²) in [4.78, 5) is 15.9. The van der Waals surface area contributed by atoms with Crippen LogP contribution >= 0.6 is 23.1 Å². The molecule has 0 spiro atoms. The molecule has 0 saturated heterocycles. The molecule has 0 atom stereocenters. The summed E-state index contributed by atoms with van der Waals surface area (Å²) < 4.78 is 0. The van der Waals surface area contributed by atoms with Crippen molar-refractivity contribution in [1.82, 2.24) is 0 Å². The van der Waals surface area contributed by atoms with Gasteiger partial charge in [0.05, 0.1) is 4.88 Å². The van der Waals surface area contributed by atoms with Gasteiger partial charge < -0.3 is 5.32 Å². The molecule has 0 unspecified atom stereocenters. The van der Waals surface area contributed by atoms with Gasteiger partial charge in [0.2, 0.25) is 0 Å². The minimum Gasteiger partial charge on any atom is -0.321 e. The average Bonchev–Trinajstić information content (AvgIpc) is 3.02. The number of hydrogen-bond acceptors (Lipinski definition) is 3. The maximum atomic E-state index is 12.6. The number of thioether (sulfide) groups is 1. The number of hydrogen-bond donors (Lipinski definition) is 1. The molecule has 23 heavy (non-hydrogen) atoms. The van der Waals surface area contributed by atoms with E-state index in [0.29, 0.717) is 0 Å². The van der Waals surface area contributed by atoms with Crippen molar-refractivity contribution < 1.29 is 4.79 Å². The second kappa shape index (κ2) is 5.87. The first kappa shape index (κ1) is 14.5. The van der Waals surface area contributed by atoms with Crippen LogP contribution in [0.3, 0.4) is 0 Å². The molecule has 4 rings (SSSR count). The molecule has 4 heteroatoms. The molecule has 114 valence electrons. The molecule has 2 nitrogen and oxygen atoms in total. The minimum absolute atomic E-state index is 0.0267. The number of carbonyl (C=O) groups excluding carboxylic acids is 1. The molecule has 1 amide bonds. The normalized spacial score (nSPS) is 12.4. The Balaban J connectivity index is 1.66. The van der Waals surface area contributed by atoms with Crippen LogP contribution in [0.2, 0.25) is 0 Å². The lowest BCUT2D eigenvalue weighted by atomic mass is 10.1. The fourth-order valence-corrected chi connectivity index (χ4v) is 5.02. The molecule has 0 radical (unpaired) electrons. The molecule has 0 saturated carbocycles. The molecule has 1 aliphatic rings. The largest absolute Gasteiger partial charge is 0.321 e. The van der Waals surface area contributed by atoms with Gasteiger partial charge in [-0.2, -0.15) is 0 Å². The van der Waals surface area contributed by atoms with Crippen LogP contribution in [-0.2, 0) is 5.75 Å². The van der Waals surface area contributed by atoms with E-state index in [1.165, 1.54) is 20.9 Å². The third-order valence-corrected chi connectivity index (χ3v) is 6.27. The van der Waals surface area contributed by atoms with Gasteiger partial charge in [-0.25, -0.2) is 0 Å². The van der Waals surface area contributed by atoms with Crippen LogP contribution in [-0.4, -0.2) is 5.91 Å². The molecule has 2 aromatic carbocycles. The van der Waals surface area contributed by atoms with Gasteiger partial charge in [-0.05, 0) is 36.2 Å². The zero-order valence-corrected chi connectivity index (χ0v) is 14.3. The van der Waals surface area contributed by atoms with E-state index in [2.05, 4.69) is 29.6 Å². The minimum atomic E-state index is -0.0267. The van der Waals surface area contributed by atoms with E-state index in [1.807, 2.05) is 49.0 Å². The first-order chi connectivity index (χ1) is 11.2. The zero-order valence-electron chi connectivity index (χ0n) is 12.6. The van der Waals surface area contributed by atoms with Crippen molar-refractivity contribution >= 4 is 34.7 Å². The van der Waals surface area contributed by atoms with Gasteiger partial charge in [0, 0.05) is 26.8 Å². The zero-order chi connectivity index (χ0) is 15.8. The smallest absolute Gasteiger partial charge is 0.265 e. The lowest BCUT2D eigenvalue weighted by Gasteiger charge is -2.14. The average molecular weight is 337 g/mol. The Morgan fingerprint density at radius 1 is 1.09 bits per heavy atom. The number of nitrogens with one attached hydrogen (secondary N) is 1. The summed E-state index contributed by atoms with van der Waals surface area (Å²) in [6.07, 6.45) is 0. The number of carbonyl (C=O) groups is 1. The molecule has 0 fully saturated rings. The van der Waals surface area contributed by atoms with Crippen molar-refractivity contribution in [3.63, 3.8) is 0 Å². The molecule has 1 aromatic heterocycles. The number of thiophene rings is 1. The Morgan fingerprint density at radius 2 is 1.87 bits per heavy atom. The summed E-state index contributed by atoms with van der Waals surface area (Å²) in [6.45, 7) is 2.00. The van der Waals surface area contributed by atoms with E-state index in [4.69, 9.17) is 0 Å². The van der Waals surface area contributed by atoms with Crippen molar-refractivity contribution in [3.8, 4) is 10.4 Å². The predicted octanol–water partition coefficient (Wildman–Crippen LogP) is 5.58. The van der Waals surface area contributed by atoms with Crippen LogP contribution in [0, 0.1) is 6.92 Å². The summed E-state index contributed by atoms with van der Waals surface area (Å²) >= 11 is 3.42. The summed E-state index contributed by atoms with van der Waals surface area (Å²) in [5.74, 6) is 0.904. The third-order valence-electron chi connectivity index (χ3n) is 3.94. The van der Waals surface area contributed by atoms with E-state index in [-0.39, 0.29) is 5.91 Å². The Labute approximate surface area is 143 Å². The number of aryl methyl sites for hydroxylation is 1. The SMILES string of the molecule is Cc1ccccc1NC(=O)c1cc2c(s1)-c1ccccc1SC2. The second-order valence-corrected chi connectivity index (χ2v) is 7.59. The molecule has 0 bridgehead atoms. The summed E-state index contributed by atoms with van der Waals surface area (Å²) in [5, 5.41) is 3.02. The highest BCUT2D eigenvalue weighted by molar-refractivity contribution is 7.98. The van der Waals surface area contributed by atoms with Gasteiger partial charge >= 0.3 is 0 Å². The number of amides is 1. The van der Waals surface area contributed by atoms with Crippen LogP contribution < -0.4 is 5.32 Å². The molecule has 3 aromatic rings. The quantitative estimate of drug-likeness (QED) is 0.661. The van der Waals surface area contributed by atoms with E-state index < -0.39 is 0 Å². The number of rotatable bonds is 2. The van der Waals surface area contributed by atoms with E-state index in [1.54, 1.807) is 11.3 Å². The molecule has 1 aliphatic heterocycles. The van der Waals surface area contributed by atoms with Gasteiger partial charge in [-0.1, -0.05) is 36.4 Å². The summed E-state index contributed by atoms with van der Waals surface area (Å²) in [6, 6.07) is 18.3. The maximum absolute atomic E-state index is 12.6. The van der Waals surface area contributed by atoms with Crippen molar-refractivity contribution in [2.45, 2.75) is 17.6 Å². The van der Waals surface area contributed by atoms with Gasteiger partial charge in [0.25, 0.3) is 5.91 Å². The number of fused-ring (bicyclic) bond motifs is 3. The first-order valence-electron chi connectivity index (χ1n) is 7.44. The van der Waals surface area contributed by atoms with Crippen LogP contribution in [0.1, 0.15) is 20.8 Å². The van der Waals surface area contributed by atoms with Gasteiger partial charge in [-0.15, -0.1) is 23.1 Å². The van der Waals surface area contributed by atoms with Crippen LogP contribution in [0.25, 0.3) is 10.4 Å². The van der Waals surface area contributed by atoms with Gasteiger partial charge in [-0.3, -0.25) is 4.79 Å². The maximum Gasteiger partial charge on any atom is 0.265 e. The van der Waals surface area contributed by atoms with E-state index >= 15 is 0 Å². The van der Waals surface area contributed by atoms with E-state index in [0.717, 1.165) is 21.9 Å². The Hall–Kier alpha value is -2.04. The number of benzene rings is 2. The van der Waals surface area contributed by atoms with Crippen molar-refractivity contribution in [2.24, 2.45) is 0 Å². The Kier molecular flexibility index (Phi) is 3.71. The van der Waals surface area contributed by atoms with Crippen molar-refractivity contribution in [1.29, 1.82) is 0 Å². The molecular weight excluding hydrogens is 322 g/mol. The third kappa shape index (κ3) is 2.69.